The van der Waals surface area contributed by atoms with Crippen LogP contribution in [0.3, 0.4) is 0 Å². The molecule has 1 aromatic carbocycles. The topological polar surface area (TPSA) is 35.6 Å². The Morgan fingerprint density at radius 1 is 1.27 bits per heavy atom. The first-order chi connectivity index (χ1) is 10.5. The second-order valence-electron chi connectivity index (χ2n) is 6.40. The van der Waals surface area contributed by atoms with E-state index in [2.05, 4.69) is 24.1 Å². The molecule has 1 fully saturated rings. The van der Waals surface area contributed by atoms with Gasteiger partial charge in [-0.05, 0) is 43.5 Å². The van der Waals surface area contributed by atoms with Gasteiger partial charge in [-0.25, -0.2) is 4.79 Å². The summed E-state index contributed by atoms with van der Waals surface area (Å²) in [5.41, 5.74) is 1.81. The minimum Gasteiger partial charge on any atom is -0.322 e. The molecule has 0 saturated carbocycles. The minimum atomic E-state index is -0.0334. The van der Waals surface area contributed by atoms with Crippen molar-refractivity contribution in [2.24, 2.45) is 5.92 Å². The quantitative estimate of drug-likeness (QED) is 0.913. The Bertz CT molecular complexity index is 511. The highest BCUT2D eigenvalue weighted by atomic mass is 35.5. The van der Waals surface area contributed by atoms with Gasteiger partial charge < -0.3 is 10.2 Å². The normalized spacial score (nSPS) is 16.1. The van der Waals surface area contributed by atoms with Crippen LogP contribution in [0.4, 0.5) is 10.5 Å². The molecule has 1 heterocycles. The van der Waals surface area contributed by atoms with Crippen LogP contribution in [0.2, 0.25) is 5.02 Å². The van der Waals surface area contributed by atoms with Gasteiger partial charge in [0, 0.05) is 36.9 Å². The number of carbonyl (C=O) groups is 1. The van der Waals surface area contributed by atoms with Gasteiger partial charge in [0.25, 0.3) is 0 Å². The average Bonchev–Trinajstić information content (AvgIpc) is 2.49. The molecule has 0 bridgehead atoms. The van der Waals surface area contributed by atoms with E-state index in [-0.39, 0.29) is 6.03 Å². The summed E-state index contributed by atoms with van der Waals surface area (Å²) >= 11 is 5.99. The number of anilines is 1. The van der Waals surface area contributed by atoms with E-state index in [1.54, 1.807) is 6.07 Å². The van der Waals surface area contributed by atoms with Gasteiger partial charge in [-0.15, -0.1) is 0 Å². The summed E-state index contributed by atoms with van der Waals surface area (Å²) in [6, 6.07) is 5.52. The minimum absolute atomic E-state index is 0.0334. The molecule has 4 nitrogen and oxygen atoms in total. The average molecular weight is 324 g/mol. The van der Waals surface area contributed by atoms with E-state index in [0.29, 0.717) is 5.02 Å². The third kappa shape index (κ3) is 4.89. The van der Waals surface area contributed by atoms with Gasteiger partial charge in [0.2, 0.25) is 0 Å². The van der Waals surface area contributed by atoms with Crippen molar-refractivity contribution >= 4 is 23.3 Å². The molecule has 22 heavy (non-hydrogen) atoms. The predicted octanol–water partition coefficient (Wildman–Crippen LogP) is 3.84. The van der Waals surface area contributed by atoms with Crippen LogP contribution in [0.15, 0.2) is 18.2 Å². The van der Waals surface area contributed by atoms with Crippen LogP contribution in [-0.2, 0) is 0 Å². The summed E-state index contributed by atoms with van der Waals surface area (Å²) in [6.45, 7) is 11.1. The number of nitrogens with one attached hydrogen (secondary N) is 1. The summed E-state index contributed by atoms with van der Waals surface area (Å²) in [7, 11) is 0. The fourth-order valence-electron chi connectivity index (χ4n) is 2.54. The molecule has 1 saturated heterocycles. The van der Waals surface area contributed by atoms with Crippen LogP contribution in [0.5, 0.6) is 0 Å². The summed E-state index contributed by atoms with van der Waals surface area (Å²) in [5.74, 6) is 0.729. The monoisotopic (exact) mass is 323 g/mol. The maximum atomic E-state index is 12.4. The van der Waals surface area contributed by atoms with Crippen LogP contribution in [0, 0.1) is 12.8 Å². The van der Waals surface area contributed by atoms with Gasteiger partial charge in [-0.2, -0.15) is 0 Å². The Hall–Kier alpha value is -1.26. The molecule has 2 amide bonds. The number of piperazine rings is 1. The van der Waals surface area contributed by atoms with Crippen molar-refractivity contribution in [2.45, 2.75) is 27.2 Å². The zero-order valence-electron chi connectivity index (χ0n) is 13.7. The fraction of sp³-hybridized carbons (Fsp3) is 0.588. The molecular weight excluding hydrogens is 298 g/mol. The van der Waals surface area contributed by atoms with Gasteiger partial charge >= 0.3 is 6.03 Å². The largest absolute Gasteiger partial charge is 0.322 e. The van der Waals surface area contributed by atoms with Crippen molar-refractivity contribution in [1.82, 2.24) is 9.80 Å². The first kappa shape index (κ1) is 17.1. The van der Waals surface area contributed by atoms with Crippen molar-refractivity contribution in [3.05, 3.63) is 28.8 Å². The number of rotatable bonds is 4. The molecule has 2 rings (SSSR count). The Morgan fingerprint density at radius 2 is 1.95 bits per heavy atom. The van der Waals surface area contributed by atoms with Gasteiger partial charge in [0.1, 0.15) is 0 Å². The highest BCUT2D eigenvalue weighted by Gasteiger charge is 2.21. The number of amides is 2. The van der Waals surface area contributed by atoms with Crippen LogP contribution in [0.25, 0.3) is 0 Å². The second-order valence-corrected chi connectivity index (χ2v) is 6.84. The Morgan fingerprint density at radius 3 is 2.59 bits per heavy atom. The lowest BCUT2D eigenvalue weighted by molar-refractivity contribution is 0.143. The number of aryl methyl sites for hydroxylation is 1. The van der Waals surface area contributed by atoms with E-state index >= 15 is 0 Å². The first-order valence-electron chi connectivity index (χ1n) is 8.00. The summed E-state index contributed by atoms with van der Waals surface area (Å²) < 4.78 is 0. The van der Waals surface area contributed by atoms with Crippen molar-refractivity contribution in [3.63, 3.8) is 0 Å². The second kappa shape index (κ2) is 7.84. The lowest BCUT2D eigenvalue weighted by Crippen LogP contribution is -2.50. The van der Waals surface area contributed by atoms with Gasteiger partial charge in [-0.3, -0.25) is 4.90 Å². The molecule has 0 unspecified atom stereocenters. The first-order valence-corrected chi connectivity index (χ1v) is 8.38. The van der Waals surface area contributed by atoms with E-state index < -0.39 is 0 Å². The van der Waals surface area contributed by atoms with E-state index in [9.17, 15) is 4.79 Å². The zero-order valence-corrected chi connectivity index (χ0v) is 14.5. The maximum Gasteiger partial charge on any atom is 0.321 e. The highest BCUT2D eigenvalue weighted by Crippen LogP contribution is 2.20. The van der Waals surface area contributed by atoms with Crippen LogP contribution < -0.4 is 5.32 Å². The van der Waals surface area contributed by atoms with Crippen LogP contribution >= 0.6 is 11.6 Å². The molecule has 5 heteroatoms. The number of hydrogen-bond donors (Lipinski definition) is 1. The van der Waals surface area contributed by atoms with Crippen molar-refractivity contribution < 1.29 is 4.79 Å². The molecule has 1 aromatic rings. The molecule has 0 atom stereocenters. The maximum absolute atomic E-state index is 12.4. The number of urea groups is 1. The predicted molar refractivity (Wildman–Crippen MR) is 92.7 cm³/mol. The lowest BCUT2D eigenvalue weighted by Gasteiger charge is -2.35. The number of hydrogen-bond acceptors (Lipinski definition) is 2. The Kier molecular flexibility index (Phi) is 6.09. The van der Waals surface area contributed by atoms with E-state index in [1.165, 1.54) is 6.42 Å². The molecule has 0 spiro atoms. The van der Waals surface area contributed by atoms with Crippen LogP contribution in [-0.4, -0.2) is 48.6 Å². The number of nitrogens with zero attached hydrogens (tertiary/aromatic N) is 2. The van der Waals surface area contributed by atoms with Crippen molar-refractivity contribution in [3.8, 4) is 0 Å². The Balaban J connectivity index is 1.83. The molecular formula is C17H26ClN3O. The molecule has 0 radical (unpaired) electrons. The molecule has 122 valence electrons. The third-order valence-corrected chi connectivity index (χ3v) is 4.36. The molecule has 1 N–H and O–H groups in total. The zero-order chi connectivity index (χ0) is 16.1. The number of carbonyl (C=O) groups excluding carboxylic acids is 1. The van der Waals surface area contributed by atoms with E-state index in [1.807, 2.05) is 24.0 Å². The van der Waals surface area contributed by atoms with E-state index in [0.717, 1.165) is 49.9 Å². The Labute approximate surface area is 138 Å². The number of benzene rings is 1. The standard InChI is InChI=1S/C17H26ClN3O/c1-13(2)6-7-20-8-10-21(11-9-20)17(22)19-16-12-15(18)5-4-14(16)3/h4-5,12-13H,6-11H2,1-3H3,(H,19,22). The highest BCUT2D eigenvalue weighted by molar-refractivity contribution is 6.31. The van der Waals surface area contributed by atoms with Crippen LogP contribution in [0.1, 0.15) is 25.8 Å². The summed E-state index contributed by atoms with van der Waals surface area (Å²) in [5, 5.41) is 3.61. The molecule has 0 aromatic heterocycles. The lowest BCUT2D eigenvalue weighted by atomic mass is 10.1. The van der Waals surface area contributed by atoms with Gasteiger partial charge in [-0.1, -0.05) is 31.5 Å². The fourth-order valence-corrected chi connectivity index (χ4v) is 2.71. The smallest absolute Gasteiger partial charge is 0.321 e. The summed E-state index contributed by atoms with van der Waals surface area (Å²) in [6.07, 6.45) is 1.22. The number of halogens is 1. The van der Waals surface area contributed by atoms with Gasteiger partial charge in [0.05, 0.1) is 0 Å². The molecule has 0 aliphatic carbocycles. The van der Waals surface area contributed by atoms with Crippen molar-refractivity contribution in [2.75, 3.05) is 38.0 Å². The van der Waals surface area contributed by atoms with Crippen molar-refractivity contribution in [1.29, 1.82) is 0 Å². The van der Waals surface area contributed by atoms with Gasteiger partial charge in [0.15, 0.2) is 0 Å². The molecule has 1 aliphatic rings. The van der Waals surface area contributed by atoms with E-state index in [4.69, 9.17) is 11.6 Å². The third-order valence-electron chi connectivity index (χ3n) is 4.12. The summed E-state index contributed by atoms with van der Waals surface area (Å²) in [4.78, 5) is 16.7. The SMILES string of the molecule is Cc1ccc(Cl)cc1NC(=O)N1CCN(CCC(C)C)CC1. The molecule has 1 aliphatic heterocycles.